The lowest BCUT2D eigenvalue weighted by molar-refractivity contribution is 0.567. The molecule has 0 spiro atoms. The molecule has 2 aromatic rings. The average Bonchev–Trinajstić information content (AvgIpc) is 2.76. The van der Waals surface area contributed by atoms with Crippen molar-refractivity contribution in [2.45, 2.75) is 32.2 Å². The Labute approximate surface area is 125 Å². The van der Waals surface area contributed by atoms with Gasteiger partial charge in [0.2, 0.25) is 0 Å². The van der Waals surface area contributed by atoms with E-state index in [9.17, 15) is 4.39 Å². The van der Waals surface area contributed by atoms with Crippen molar-refractivity contribution in [2.24, 2.45) is 5.73 Å². The van der Waals surface area contributed by atoms with Crippen LogP contribution in [0.2, 0.25) is 0 Å². The van der Waals surface area contributed by atoms with Gasteiger partial charge in [-0.15, -0.1) is 11.3 Å². The molecule has 0 aliphatic rings. The summed E-state index contributed by atoms with van der Waals surface area (Å²) >= 11 is 4.72. The maximum Gasteiger partial charge on any atom is 0.129 e. The van der Waals surface area contributed by atoms with Gasteiger partial charge in [-0.25, -0.2) is 9.37 Å². The standard InChI is InChI=1S/C14H16BrFN2S/c1-14(2,3)11-7-19-13(18-11)12(17)9-5-4-8(15)6-10(9)16/h4-7,12H,17H2,1-3H3. The summed E-state index contributed by atoms with van der Waals surface area (Å²) in [5.74, 6) is -0.311. The number of nitrogens with zero attached hydrogens (tertiary/aromatic N) is 1. The first kappa shape index (κ1) is 14.6. The third kappa shape index (κ3) is 3.22. The van der Waals surface area contributed by atoms with E-state index in [0.29, 0.717) is 10.0 Å². The van der Waals surface area contributed by atoms with Crippen molar-refractivity contribution in [3.05, 3.63) is 50.1 Å². The molecule has 5 heteroatoms. The van der Waals surface area contributed by atoms with E-state index >= 15 is 0 Å². The molecule has 0 aliphatic carbocycles. The fourth-order valence-electron chi connectivity index (χ4n) is 1.66. The van der Waals surface area contributed by atoms with Crippen LogP contribution in [-0.2, 0) is 5.41 Å². The Morgan fingerprint density at radius 3 is 2.58 bits per heavy atom. The normalized spacial score (nSPS) is 13.6. The lowest BCUT2D eigenvalue weighted by Crippen LogP contribution is -2.16. The van der Waals surface area contributed by atoms with Crippen molar-refractivity contribution in [3.63, 3.8) is 0 Å². The van der Waals surface area contributed by atoms with Gasteiger partial charge in [0.25, 0.3) is 0 Å². The molecule has 2 nitrogen and oxygen atoms in total. The van der Waals surface area contributed by atoms with E-state index < -0.39 is 6.04 Å². The van der Waals surface area contributed by atoms with Crippen LogP contribution in [0.4, 0.5) is 4.39 Å². The number of halogens is 2. The molecule has 0 radical (unpaired) electrons. The van der Waals surface area contributed by atoms with Crippen LogP contribution in [0.5, 0.6) is 0 Å². The monoisotopic (exact) mass is 342 g/mol. The second kappa shape index (κ2) is 5.31. The smallest absolute Gasteiger partial charge is 0.129 e. The van der Waals surface area contributed by atoms with Crippen LogP contribution in [0.25, 0.3) is 0 Å². The van der Waals surface area contributed by atoms with Crippen molar-refractivity contribution in [1.29, 1.82) is 0 Å². The van der Waals surface area contributed by atoms with Gasteiger partial charge in [-0.2, -0.15) is 0 Å². The molecule has 0 fully saturated rings. The van der Waals surface area contributed by atoms with Gasteiger partial charge in [0, 0.05) is 20.8 Å². The summed E-state index contributed by atoms with van der Waals surface area (Å²) in [7, 11) is 0. The first-order valence-electron chi connectivity index (χ1n) is 5.95. The van der Waals surface area contributed by atoms with E-state index in [1.165, 1.54) is 17.4 Å². The molecule has 2 N–H and O–H groups in total. The van der Waals surface area contributed by atoms with Gasteiger partial charge in [-0.1, -0.05) is 42.8 Å². The molecule has 1 heterocycles. The highest BCUT2D eigenvalue weighted by Crippen LogP contribution is 2.30. The Bertz CT molecular complexity index is 589. The number of aromatic nitrogens is 1. The van der Waals surface area contributed by atoms with E-state index in [0.717, 1.165) is 10.7 Å². The number of benzene rings is 1. The van der Waals surface area contributed by atoms with Crippen molar-refractivity contribution in [1.82, 2.24) is 4.98 Å². The van der Waals surface area contributed by atoms with E-state index in [4.69, 9.17) is 5.73 Å². The lowest BCUT2D eigenvalue weighted by atomic mass is 9.93. The number of hydrogen-bond donors (Lipinski definition) is 1. The summed E-state index contributed by atoms with van der Waals surface area (Å²) in [5.41, 5.74) is 7.55. The van der Waals surface area contributed by atoms with Gasteiger partial charge in [0.1, 0.15) is 10.8 Å². The Balaban J connectivity index is 2.34. The molecule has 1 atom stereocenters. The fraction of sp³-hybridized carbons (Fsp3) is 0.357. The van der Waals surface area contributed by atoms with E-state index in [1.807, 2.05) is 5.38 Å². The Kier molecular flexibility index (Phi) is 4.08. The SMILES string of the molecule is CC(C)(C)c1csc(C(N)c2ccc(Br)cc2F)n1. The third-order valence-electron chi connectivity index (χ3n) is 2.85. The molecule has 0 aliphatic heterocycles. The van der Waals surface area contributed by atoms with Crippen LogP contribution in [0, 0.1) is 5.82 Å². The van der Waals surface area contributed by atoms with Crippen LogP contribution in [0.1, 0.15) is 43.1 Å². The van der Waals surface area contributed by atoms with Crippen LogP contribution < -0.4 is 5.73 Å². The number of nitrogens with two attached hydrogens (primary N) is 1. The van der Waals surface area contributed by atoms with Gasteiger partial charge >= 0.3 is 0 Å². The highest BCUT2D eigenvalue weighted by molar-refractivity contribution is 9.10. The second-order valence-corrected chi connectivity index (χ2v) is 7.27. The van der Waals surface area contributed by atoms with Crippen molar-refractivity contribution in [3.8, 4) is 0 Å². The number of thiazole rings is 1. The molecule has 0 saturated carbocycles. The predicted molar refractivity (Wildman–Crippen MR) is 80.9 cm³/mol. The minimum Gasteiger partial charge on any atom is -0.318 e. The van der Waals surface area contributed by atoms with Crippen molar-refractivity contribution < 1.29 is 4.39 Å². The zero-order valence-electron chi connectivity index (χ0n) is 11.1. The summed E-state index contributed by atoms with van der Waals surface area (Å²) in [5, 5.41) is 2.73. The first-order valence-corrected chi connectivity index (χ1v) is 7.63. The summed E-state index contributed by atoms with van der Waals surface area (Å²) < 4.78 is 14.6. The Morgan fingerprint density at radius 1 is 1.37 bits per heavy atom. The summed E-state index contributed by atoms with van der Waals surface area (Å²) in [6.07, 6.45) is 0. The van der Waals surface area contributed by atoms with Gasteiger partial charge in [0.05, 0.1) is 11.7 Å². The van der Waals surface area contributed by atoms with Crippen molar-refractivity contribution >= 4 is 27.3 Å². The van der Waals surface area contributed by atoms with E-state index in [-0.39, 0.29) is 11.2 Å². The minimum atomic E-state index is -0.519. The molecular formula is C14H16BrFN2S. The zero-order chi connectivity index (χ0) is 14.2. The first-order chi connectivity index (χ1) is 8.79. The molecule has 102 valence electrons. The van der Waals surface area contributed by atoms with E-state index in [2.05, 4.69) is 41.7 Å². The van der Waals surface area contributed by atoms with Gasteiger partial charge < -0.3 is 5.73 Å². The van der Waals surface area contributed by atoms with Gasteiger partial charge in [-0.05, 0) is 12.1 Å². The van der Waals surface area contributed by atoms with Crippen molar-refractivity contribution in [2.75, 3.05) is 0 Å². The fourth-order valence-corrected chi connectivity index (χ4v) is 3.06. The van der Waals surface area contributed by atoms with Gasteiger partial charge in [-0.3, -0.25) is 0 Å². The maximum absolute atomic E-state index is 13.9. The number of hydrogen-bond acceptors (Lipinski definition) is 3. The minimum absolute atomic E-state index is 0.0211. The zero-order valence-corrected chi connectivity index (χ0v) is 13.5. The molecule has 19 heavy (non-hydrogen) atoms. The summed E-state index contributed by atoms with van der Waals surface area (Å²) in [6.45, 7) is 6.28. The quantitative estimate of drug-likeness (QED) is 0.878. The molecule has 0 amide bonds. The molecule has 0 saturated heterocycles. The van der Waals surface area contributed by atoms with E-state index in [1.54, 1.807) is 12.1 Å². The predicted octanol–water partition coefficient (Wildman–Crippen LogP) is 4.39. The summed E-state index contributed by atoms with van der Waals surface area (Å²) in [4.78, 5) is 4.54. The van der Waals surface area contributed by atoms with Gasteiger partial charge in [0.15, 0.2) is 0 Å². The highest BCUT2D eigenvalue weighted by atomic mass is 79.9. The average molecular weight is 343 g/mol. The Hall–Kier alpha value is -0.780. The second-order valence-electron chi connectivity index (χ2n) is 5.46. The van der Waals surface area contributed by atoms with Crippen LogP contribution in [0.3, 0.4) is 0 Å². The maximum atomic E-state index is 13.9. The number of rotatable bonds is 2. The highest BCUT2D eigenvalue weighted by Gasteiger charge is 2.21. The van der Waals surface area contributed by atoms with Crippen LogP contribution in [0.15, 0.2) is 28.1 Å². The molecule has 1 unspecified atom stereocenters. The van der Waals surface area contributed by atoms with Crippen LogP contribution in [-0.4, -0.2) is 4.98 Å². The molecule has 1 aromatic heterocycles. The largest absolute Gasteiger partial charge is 0.318 e. The van der Waals surface area contributed by atoms with Crippen LogP contribution >= 0.6 is 27.3 Å². The topological polar surface area (TPSA) is 38.9 Å². The summed E-state index contributed by atoms with van der Waals surface area (Å²) in [6, 6.07) is 4.39. The molecule has 0 bridgehead atoms. The molecular weight excluding hydrogens is 327 g/mol. The molecule has 2 rings (SSSR count). The third-order valence-corrected chi connectivity index (χ3v) is 4.28. The Morgan fingerprint density at radius 2 is 2.05 bits per heavy atom. The lowest BCUT2D eigenvalue weighted by Gasteiger charge is -2.15. The molecule has 1 aromatic carbocycles.